The fourth-order valence-electron chi connectivity index (χ4n) is 2.15. The Morgan fingerprint density at radius 1 is 1.20 bits per heavy atom. The number of carbonyl (C=O) groups is 2. The summed E-state index contributed by atoms with van der Waals surface area (Å²) in [6, 6.07) is 3.63. The summed E-state index contributed by atoms with van der Waals surface area (Å²) in [4.78, 5) is 30.7. The van der Waals surface area contributed by atoms with Crippen LogP contribution in [0.25, 0.3) is 0 Å². The van der Waals surface area contributed by atoms with Crippen LogP contribution in [-0.2, 0) is 17.4 Å². The average Bonchev–Trinajstić information content (AvgIpc) is 2.54. The van der Waals surface area contributed by atoms with E-state index in [2.05, 4.69) is 15.3 Å². The van der Waals surface area contributed by atoms with Gasteiger partial charge in [0.1, 0.15) is 11.7 Å². The Labute approximate surface area is 140 Å². The second kappa shape index (κ2) is 7.29. The number of rotatable bonds is 5. The molecule has 6 nitrogen and oxygen atoms in total. The minimum atomic E-state index is -4.62. The molecule has 0 bridgehead atoms. The van der Waals surface area contributed by atoms with Crippen molar-refractivity contribution in [3.05, 3.63) is 59.2 Å². The molecule has 0 saturated heterocycles. The fraction of sp³-hybridized carbons (Fsp3) is 0.250. The molecule has 0 saturated carbocycles. The zero-order chi connectivity index (χ0) is 18.6. The zero-order valence-electron chi connectivity index (χ0n) is 13.0. The number of nitrogens with zero attached hydrogens (tertiary/aromatic N) is 2. The van der Waals surface area contributed by atoms with E-state index in [1.54, 1.807) is 12.1 Å². The van der Waals surface area contributed by atoms with Gasteiger partial charge in [-0.3, -0.25) is 9.78 Å². The van der Waals surface area contributed by atoms with E-state index in [-0.39, 0.29) is 17.7 Å². The van der Waals surface area contributed by atoms with Gasteiger partial charge < -0.3 is 10.4 Å². The molecule has 0 spiro atoms. The Hall–Kier alpha value is -2.97. The van der Waals surface area contributed by atoms with E-state index >= 15 is 0 Å². The number of aliphatic carboxylic acids is 1. The van der Waals surface area contributed by atoms with Crippen LogP contribution < -0.4 is 5.32 Å². The van der Waals surface area contributed by atoms with E-state index in [0.717, 1.165) is 6.07 Å². The molecule has 1 atom stereocenters. The molecule has 2 aromatic heterocycles. The predicted molar refractivity (Wildman–Crippen MR) is 80.8 cm³/mol. The Bertz CT molecular complexity index is 779. The number of carboxylic acid groups (broad SMARTS) is 1. The third-order valence-electron chi connectivity index (χ3n) is 3.41. The van der Waals surface area contributed by atoms with Gasteiger partial charge in [0.15, 0.2) is 0 Å². The highest BCUT2D eigenvalue weighted by atomic mass is 19.4. The van der Waals surface area contributed by atoms with Crippen LogP contribution in [0.15, 0.2) is 36.7 Å². The van der Waals surface area contributed by atoms with E-state index < -0.39 is 29.8 Å². The van der Waals surface area contributed by atoms with Gasteiger partial charge in [-0.25, -0.2) is 9.78 Å². The molecule has 9 heteroatoms. The van der Waals surface area contributed by atoms with Crippen LogP contribution >= 0.6 is 0 Å². The second-order valence-corrected chi connectivity index (χ2v) is 5.25. The number of carbonyl (C=O) groups excluding carboxylic acids is 1. The molecule has 25 heavy (non-hydrogen) atoms. The number of halogens is 3. The largest absolute Gasteiger partial charge is 0.480 e. The predicted octanol–water partition coefficient (Wildman–Crippen LogP) is 2.23. The highest BCUT2D eigenvalue weighted by molar-refractivity contribution is 5.97. The SMILES string of the molecule is Cc1nc(C(F)(F)F)ccc1C(=O)NC(Cc1ccncc1)C(=O)O. The van der Waals surface area contributed by atoms with Gasteiger partial charge in [-0.2, -0.15) is 13.2 Å². The summed E-state index contributed by atoms with van der Waals surface area (Å²) in [6.45, 7) is 1.25. The van der Waals surface area contributed by atoms with Crippen LogP contribution in [0.1, 0.15) is 27.3 Å². The number of hydrogen-bond donors (Lipinski definition) is 2. The van der Waals surface area contributed by atoms with Gasteiger partial charge in [-0.1, -0.05) is 0 Å². The summed E-state index contributed by atoms with van der Waals surface area (Å²) in [5.74, 6) is -2.07. The fourth-order valence-corrected chi connectivity index (χ4v) is 2.15. The van der Waals surface area contributed by atoms with Crippen molar-refractivity contribution in [2.75, 3.05) is 0 Å². The van der Waals surface area contributed by atoms with Crippen molar-refractivity contribution >= 4 is 11.9 Å². The van der Waals surface area contributed by atoms with Gasteiger partial charge in [-0.05, 0) is 36.8 Å². The van der Waals surface area contributed by atoms with Crippen LogP contribution in [0.4, 0.5) is 13.2 Å². The first-order valence-corrected chi connectivity index (χ1v) is 7.16. The Morgan fingerprint density at radius 2 is 1.84 bits per heavy atom. The van der Waals surface area contributed by atoms with Gasteiger partial charge in [-0.15, -0.1) is 0 Å². The molecule has 1 amide bonds. The number of alkyl halides is 3. The number of nitrogens with one attached hydrogen (secondary N) is 1. The molecule has 0 fully saturated rings. The summed E-state index contributed by atoms with van der Waals surface area (Å²) in [7, 11) is 0. The molecule has 1 unspecified atom stereocenters. The molecule has 0 aromatic carbocycles. The first-order valence-electron chi connectivity index (χ1n) is 7.16. The molecule has 0 aliphatic carbocycles. The minimum absolute atomic E-state index is 0.0106. The monoisotopic (exact) mass is 353 g/mol. The lowest BCUT2D eigenvalue weighted by atomic mass is 10.1. The van der Waals surface area contributed by atoms with E-state index in [1.807, 2.05) is 0 Å². The van der Waals surface area contributed by atoms with Crippen molar-refractivity contribution in [1.29, 1.82) is 0 Å². The maximum Gasteiger partial charge on any atom is 0.433 e. The third kappa shape index (κ3) is 4.75. The average molecular weight is 353 g/mol. The summed E-state index contributed by atoms with van der Waals surface area (Å²) in [5.41, 5.74) is -0.729. The smallest absolute Gasteiger partial charge is 0.433 e. The Kier molecular flexibility index (Phi) is 5.35. The lowest BCUT2D eigenvalue weighted by molar-refractivity contribution is -0.141. The summed E-state index contributed by atoms with van der Waals surface area (Å²) in [5, 5.41) is 11.6. The molecule has 0 aliphatic rings. The highest BCUT2D eigenvalue weighted by Gasteiger charge is 2.33. The Balaban J connectivity index is 2.17. The van der Waals surface area contributed by atoms with Crippen molar-refractivity contribution in [3.63, 3.8) is 0 Å². The number of hydrogen-bond acceptors (Lipinski definition) is 4. The quantitative estimate of drug-likeness (QED) is 0.860. The number of amides is 1. The number of aromatic nitrogens is 2. The van der Waals surface area contributed by atoms with Crippen LogP contribution in [0.2, 0.25) is 0 Å². The second-order valence-electron chi connectivity index (χ2n) is 5.25. The lowest BCUT2D eigenvalue weighted by Crippen LogP contribution is -2.42. The summed E-state index contributed by atoms with van der Waals surface area (Å²) in [6.07, 6.45) is -1.64. The van der Waals surface area contributed by atoms with E-state index in [0.29, 0.717) is 11.6 Å². The van der Waals surface area contributed by atoms with Gasteiger partial charge in [0.25, 0.3) is 5.91 Å². The molecular weight excluding hydrogens is 339 g/mol. The van der Waals surface area contributed by atoms with Gasteiger partial charge in [0.05, 0.1) is 11.3 Å². The topological polar surface area (TPSA) is 92.2 Å². The number of carboxylic acids is 1. The van der Waals surface area contributed by atoms with Crippen molar-refractivity contribution in [1.82, 2.24) is 15.3 Å². The van der Waals surface area contributed by atoms with Crippen molar-refractivity contribution in [2.45, 2.75) is 25.6 Å². The van der Waals surface area contributed by atoms with E-state index in [1.165, 1.54) is 19.3 Å². The van der Waals surface area contributed by atoms with Crippen LogP contribution in [-0.4, -0.2) is 33.0 Å². The molecule has 0 aliphatic heterocycles. The van der Waals surface area contributed by atoms with Crippen LogP contribution in [0, 0.1) is 6.92 Å². The zero-order valence-corrected chi connectivity index (χ0v) is 13.0. The first-order chi connectivity index (χ1) is 11.7. The molecular formula is C16H14F3N3O3. The van der Waals surface area contributed by atoms with Crippen LogP contribution in [0.3, 0.4) is 0 Å². The van der Waals surface area contributed by atoms with Crippen molar-refractivity contribution in [2.24, 2.45) is 0 Å². The number of pyridine rings is 2. The summed E-state index contributed by atoms with van der Waals surface area (Å²) >= 11 is 0. The maximum atomic E-state index is 12.6. The van der Waals surface area contributed by atoms with Gasteiger partial charge in [0.2, 0.25) is 0 Å². The molecule has 0 radical (unpaired) electrons. The van der Waals surface area contributed by atoms with E-state index in [4.69, 9.17) is 0 Å². The number of aryl methyl sites for hydroxylation is 1. The van der Waals surface area contributed by atoms with Crippen molar-refractivity contribution in [3.8, 4) is 0 Å². The Morgan fingerprint density at radius 3 is 2.36 bits per heavy atom. The maximum absolute atomic E-state index is 12.6. The normalized spacial score (nSPS) is 12.5. The molecule has 2 N–H and O–H groups in total. The molecule has 132 valence electrons. The molecule has 2 rings (SSSR count). The molecule has 2 heterocycles. The van der Waals surface area contributed by atoms with Gasteiger partial charge in [0, 0.05) is 18.8 Å². The third-order valence-corrected chi connectivity index (χ3v) is 3.41. The summed E-state index contributed by atoms with van der Waals surface area (Å²) < 4.78 is 37.8. The lowest BCUT2D eigenvalue weighted by Gasteiger charge is -2.16. The minimum Gasteiger partial charge on any atom is -0.480 e. The molecule has 2 aromatic rings. The van der Waals surface area contributed by atoms with Crippen LogP contribution in [0.5, 0.6) is 0 Å². The van der Waals surface area contributed by atoms with E-state index in [9.17, 15) is 27.9 Å². The van der Waals surface area contributed by atoms with Gasteiger partial charge >= 0.3 is 12.1 Å². The highest BCUT2D eigenvalue weighted by Crippen LogP contribution is 2.28. The first kappa shape index (κ1) is 18.4. The van der Waals surface area contributed by atoms with Crippen molar-refractivity contribution < 1.29 is 27.9 Å². The standard InChI is InChI=1S/C16H14F3N3O3/c1-9-11(2-3-13(21-9)16(17,18)19)14(23)22-12(15(24)25)8-10-4-6-20-7-5-10/h2-7,12H,8H2,1H3,(H,22,23)(H,24,25).